The highest BCUT2D eigenvalue weighted by Crippen LogP contribution is 2.24. The molecule has 0 saturated carbocycles. The predicted molar refractivity (Wildman–Crippen MR) is 71.7 cm³/mol. The molecule has 0 spiro atoms. The number of unbranched alkanes of at least 4 members (excludes halogenated alkanes) is 2. The van der Waals surface area contributed by atoms with E-state index in [-0.39, 0.29) is 18.5 Å². The van der Waals surface area contributed by atoms with Crippen molar-refractivity contribution in [1.82, 2.24) is 0 Å². The Morgan fingerprint density at radius 2 is 1.76 bits per heavy atom. The van der Waals surface area contributed by atoms with Crippen molar-refractivity contribution in [3.05, 3.63) is 12.2 Å². The van der Waals surface area contributed by atoms with Gasteiger partial charge in [0.2, 0.25) is 0 Å². The fourth-order valence-corrected chi connectivity index (χ4v) is 1.80. The van der Waals surface area contributed by atoms with Crippen LogP contribution in [0.25, 0.3) is 0 Å². The molecule has 0 saturated heterocycles. The maximum absolute atomic E-state index is 11.7. The first kappa shape index (κ1) is 16.2. The monoisotopic (exact) mass is 241 g/mol. The fourth-order valence-electron chi connectivity index (χ4n) is 1.80. The van der Waals surface area contributed by atoms with E-state index in [0.29, 0.717) is 12.1 Å². The Morgan fingerprint density at radius 3 is 2.18 bits per heavy atom. The molecule has 0 rings (SSSR count). The van der Waals surface area contributed by atoms with Crippen molar-refractivity contribution < 1.29 is 9.53 Å². The van der Waals surface area contributed by atoms with Gasteiger partial charge in [0.1, 0.15) is 6.61 Å². The Hall–Kier alpha value is -0.830. The van der Waals surface area contributed by atoms with E-state index in [4.69, 9.17) is 10.5 Å². The summed E-state index contributed by atoms with van der Waals surface area (Å²) in [5, 5.41) is 0. The molecule has 2 N–H and O–H groups in total. The molecule has 0 aromatic rings. The summed E-state index contributed by atoms with van der Waals surface area (Å²) in [7, 11) is 0. The second kappa shape index (κ2) is 10.3. The Morgan fingerprint density at radius 1 is 1.24 bits per heavy atom. The Bertz CT molecular complexity index is 218. The second-order valence-electron chi connectivity index (χ2n) is 4.43. The molecule has 0 unspecified atom stereocenters. The summed E-state index contributed by atoms with van der Waals surface area (Å²) in [6.07, 6.45) is 6.64. The van der Waals surface area contributed by atoms with Crippen LogP contribution in [0.5, 0.6) is 0 Å². The highest BCUT2D eigenvalue weighted by atomic mass is 16.5. The van der Waals surface area contributed by atoms with Crippen LogP contribution < -0.4 is 5.73 Å². The molecule has 0 atom stereocenters. The van der Waals surface area contributed by atoms with Crippen LogP contribution in [0.1, 0.15) is 52.4 Å². The molecule has 3 heteroatoms. The highest BCUT2D eigenvalue weighted by molar-refractivity contribution is 5.88. The SMILES string of the molecule is C=C(C(=O)OCCN)C(CCCC)CCCC. The number of nitrogens with two attached hydrogens (primary N) is 1. The zero-order valence-corrected chi connectivity index (χ0v) is 11.3. The van der Waals surface area contributed by atoms with Crippen molar-refractivity contribution in [1.29, 1.82) is 0 Å². The van der Waals surface area contributed by atoms with Crippen molar-refractivity contribution in [3.63, 3.8) is 0 Å². The number of hydrogen-bond acceptors (Lipinski definition) is 3. The van der Waals surface area contributed by atoms with E-state index in [2.05, 4.69) is 20.4 Å². The Balaban J connectivity index is 4.23. The summed E-state index contributed by atoms with van der Waals surface area (Å²) in [5.74, 6) is 0.00725. The number of carbonyl (C=O) groups is 1. The lowest BCUT2D eigenvalue weighted by molar-refractivity contribution is -0.139. The normalized spacial score (nSPS) is 10.6. The molecule has 0 fully saturated rings. The molecule has 0 aliphatic rings. The van der Waals surface area contributed by atoms with Crippen molar-refractivity contribution in [3.8, 4) is 0 Å². The molecule has 0 radical (unpaired) electrons. The molecule has 100 valence electrons. The molecular weight excluding hydrogens is 214 g/mol. The van der Waals surface area contributed by atoms with Crippen LogP contribution in [-0.4, -0.2) is 19.1 Å². The average molecular weight is 241 g/mol. The molecular formula is C14H27NO2. The zero-order valence-electron chi connectivity index (χ0n) is 11.3. The van der Waals surface area contributed by atoms with Gasteiger partial charge in [-0.2, -0.15) is 0 Å². The average Bonchev–Trinajstić information content (AvgIpc) is 2.35. The van der Waals surface area contributed by atoms with Crippen molar-refractivity contribution in [2.24, 2.45) is 11.7 Å². The van der Waals surface area contributed by atoms with Crippen molar-refractivity contribution >= 4 is 5.97 Å². The minimum atomic E-state index is -0.271. The second-order valence-corrected chi connectivity index (χ2v) is 4.43. The van der Waals surface area contributed by atoms with Gasteiger partial charge >= 0.3 is 5.97 Å². The lowest BCUT2D eigenvalue weighted by Gasteiger charge is -2.18. The van der Waals surface area contributed by atoms with Crippen LogP contribution in [0.15, 0.2) is 12.2 Å². The van der Waals surface area contributed by atoms with Crippen LogP contribution in [0, 0.1) is 5.92 Å². The largest absolute Gasteiger partial charge is 0.461 e. The summed E-state index contributed by atoms with van der Waals surface area (Å²) >= 11 is 0. The van der Waals surface area contributed by atoms with E-state index in [1.807, 2.05) is 0 Å². The first-order chi connectivity index (χ1) is 8.17. The Kier molecular flexibility index (Phi) is 9.83. The minimum absolute atomic E-state index is 0.271. The summed E-state index contributed by atoms with van der Waals surface area (Å²) in [6.45, 7) is 8.87. The molecule has 0 heterocycles. The number of rotatable bonds is 10. The molecule has 0 aromatic carbocycles. The topological polar surface area (TPSA) is 52.3 Å². The number of carbonyl (C=O) groups excluding carboxylic acids is 1. The highest BCUT2D eigenvalue weighted by Gasteiger charge is 2.19. The quantitative estimate of drug-likeness (QED) is 0.472. The van der Waals surface area contributed by atoms with Crippen LogP contribution in [0.4, 0.5) is 0 Å². The number of esters is 1. The van der Waals surface area contributed by atoms with E-state index < -0.39 is 0 Å². The van der Waals surface area contributed by atoms with Crippen molar-refractivity contribution in [2.75, 3.05) is 13.2 Å². The smallest absolute Gasteiger partial charge is 0.333 e. The number of ether oxygens (including phenoxy) is 1. The van der Waals surface area contributed by atoms with Crippen molar-refractivity contribution in [2.45, 2.75) is 52.4 Å². The third-order valence-corrected chi connectivity index (χ3v) is 2.92. The minimum Gasteiger partial charge on any atom is -0.461 e. The van der Waals surface area contributed by atoms with Crippen LogP contribution in [0.2, 0.25) is 0 Å². The Labute approximate surface area is 105 Å². The summed E-state index contributed by atoms with van der Waals surface area (Å²) in [5.41, 5.74) is 5.93. The molecule has 17 heavy (non-hydrogen) atoms. The van der Waals surface area contributed by atoms with Gasteiger partial charge in [-0.15, -0.1) is 0 Å². The van der Waals surface area contributed by atoms with Gasteiger partial charge in [0.25, 0.3) is 0 Å². The maximum Gasteiger partial charge on any atom is 0.333 e. The van der Waals surface area contributed by atoms with Gasteiger partial charge in [-0.3, -0.25) is 0 Å². The lowest BCUT2D eigenvalue weighted by Crippen LogP contribution is -2.19. The van der Waals surface area contributed by atoms with E-state index in [9.17, 15) is 4.79 Å². The van der Waals surface area contributed by atoms with Gasteiger partial charge < -0.3 is 10.5 Å². The van der Waals surface area contributed by atoms with Gasteiger partial charge in [-0.25, -0.2) is 4.79 Å². The lowest BCUT2D eigenvalue weighted by atomic mass is 9.89. The molecule has 0 amide bonds. The van der Waals surface area contributed by atoms with Crippen LogP contribution in [0.3, 0.4) is 0 Å². The standard InChI is InChI=1S/C14H27NO2/c1-4-6-8-13(9-7-5-2)12(3)14(16)17-11-10-15/h13H,3-11,15H2,1-2H3. The predicted octanol–water partition coefficient (Wildman–Crippen LogP) is 3.04. The van der Waals surface area contributed by atoms with E-state index in [1.54, 1.807) is 0 Å². The zero-order chi connectivity index (χ0) is 13.1. The third kappa shape index (κ3) is 7.16. The van der Waals surface area contributed by atoms with E-state index >= 15 is 0 Å². The van der Waals surface area contributed by atoms with Crippen LogP contribution in [-0.2, 0) is 9.53 Å². The third-order valence-electron chi connectivity index (χ3n) is 2.92. The molecule has 3 nitrogen and oxygen atoms in total. The summed E-state index contributed by atoms with van der Waals surface area (Å²) < 4.78 is 5.03. The summed E-state index contributed by atoms with van der Waals surface area (Å²) in [4.78, 5) is 11.7. The number of hydrogen-bond donors (Lipinski definition) is 1. The van der Waals surface area contributed by atoms with Gasteiger partial charge in [0.05, 0.1) is 0 Å². The van der Waals surface area contributed by atoms with Gasteiger partial charge in [-0.05, 0) is 18.8 Å². The molecule has 0 aliphatic carbocycles. The molecule has 0 aliphatic heterocycles. The van der Waals surface area contributed by atoms with E-state index in [1.165, 1.54) is 0 Å². The molecule has 0 aromatic heterocycles. The summed E-state index contributed by atoms with van der Waals surface area (Å²) in [6, 6.07) is 0. The van der Waals surface area contributed by atoms with Gasteiger partial charge in [0, 0.05) is 12.1 Å². The first-order valence-electron chi connectivity index (χ1n) is 6.73. The van der Waals surface area contributed by atoms with Gasteiger partial charge in [0.15, 0.2) is 0 Å². The first-order valence-corrected chi connectivity index (χ1v) is 6.73. The fraction of sp³-hybridized carbons (Fsp3) is 0.786. The van der Waals surface area contributed by atoms with Gasteiger partial charge in [-0.1, -0.05) is 46.1 Å². The van der Waals surface area contributed by atoms with Crippen LogP contribution >= 0.6 is 0 Å². The van der Waals surface area contributed by atoms with E-state index in [0.717, 1.165) is 38.5 Å². The molecule has 0 bridgehead atoms. The maximum atomic E-state index is 11.7.